The summed E-state index contributed by atoms with van der Waals surface area (Å²) in [5.74, 6) is 0.101. The molecule has 1 rings (SSSR count). The maximum absolute atomic E-state index is 12.6. The zero-order chi connectivity index (χ0) is 13.4. The van der Waals surface area contributed by atoms with E-state index in [4.69, 9.17) is 0 Å². The van der Waals surface area contributed by atoms with E-state index in [1.54, 1.807) is 0 Å². The molecule has 0 saturated heterocycles. The Balaban J connectivity index is 2.70. The highest BCUT2D eigenvalue weighted by Gasteiger charge is 2.43. The zero-order valence-corrected chi connectivity index (χ0v) is 11.9. The Labute approximate surface area is 111 Å². The minimum absolute atomic E-state index is 0.101. The van der Waals surface area contributed by atoms with Crippen LogP contribution in [0.25, 0.3) is 0 Å². The monoisotopic (exact) mass is 250 g/mol. The summed E-state index contributed by atoms with van der Waals surface area (Å²) in [5, 5.41) is 9.39. The quantitative estimate of drug-likeness (QED) is 0.694. The second-order valence-corrected chi connectivity index (χ2v) is 5.40. The Morgan fingerprint density at radius 1 is 1.17 bits per heavy atom. The molecule has 0 aromatic heterocycles. The molecule has 0 radical (unpaired) electrons. The lowest BCUT2D eigenvalue weighted by Gasteiger charge is -2.29. The van der Waals surface area contributed by atoms with Gasteiger partial charge in [0.05, 0.1) is 6.07 Å². The molecule has 0 atom stereocenters. The van der Waals surface area contributed by atoms with Gasteiger partial charge in [0.2, 0.25) is 5.91 Å². The maximum Gasteiger partial charge on any atom is 0.243 e. The second-order valence-electron chi connectivity index (χ2n) is 5.40. The van der Waals surface area contributed by atoms with Gasteiger partial charge in [0.1, 0.15) is 5.41 Å². The molecule has 0 aliphatic heterocycles. The van der Waals surface area contributed by atoms with E-state index in [-0.39, 0.29) is 5.91 Å². The minimum Gasteiger partial charge on any atom is -0.341 e. The third kappa shape index (κ3) is 3.48. The Bertz CT molecular complexity index is 292. The van der Waals surface area contributed by atoms with Crippen molar-refractivity contribution >= 4 is 5.91 Å². The molecule has 1 aliphatic rings. The number of hydrogen-bond donors (Lipinski definition) is 0. The Kier molecular flexibility index (Phi) is 6.18. The van der Waals surface area contributed by atoms with Crippen LogP contribution in [0.4, 0.5) is 0 Å². The van der Waals surface area contributed by atoms with Crippen molar-refractivity contribution in [2.75, 3.05) is 13.1 Å². The van der Waals surface area contributed by atoms with E-state index in [0.29, 0.717) is 0 Å². The second kappa shape index (κ2) is 7.41. The number of rotatable bonds is 7. The number of carbonyl (C=O) groups excluding carboxylic acids is 1. The largest absolute Gasteiger partial charge is 0.341 e. The van der Waals surface area contributed by atoms with Gasteiger partial charge in [0, 0.05) is 13.1 Å². The molecule has 3 nitrogen and oxygen atoms in total. The van der Waals surface area contributed by atoms with E-state index in [1.165, 1.54) is 0 Å². The molecule has 1 amide bonds. The molecular weight excluding hydrogens is 224 g/mol. The third-order valence-corrected chi connectivity index (χ3v) is 3.93. The van der Waals surface area contributed by atoms with Crippen molar-refractivity contribution in [3.05, 3.63) is 0 Å². The van der Waals surface area contributed by atoms with Gasteiger partial charge in [-0.2, -0.15) is 5.26 Å². The van der Waals surface area contributed by atoms with Crippen molar-refractivity contribution < 1.29 is 4.79 Å². The summed E-state index contributed by atoms with van der Waals surface area (Å²) in [6.45, 7) is 5.91. The molecule has 1 saturated carbocycles. The van der Waals surface area contributed by atoms with Crippen LogP contribution >= 0.6 is 0 Å². The Hall–Kier alpha value is -1.04. The van der Waals surface area contributed by atoms with Crippen molar-refractivity contribution in [3.8, 4) is 6.07 Å². The lowest BCUT2D eigenvalue weighted by molar-refractivity contribution is -0.139. The number of hydrogen-bond acceptors (Lipinski definition) is 2. The average Bonchev–Trinajstić information content (AvgIpc) is 2.88. The minimum atomic E-state index is -0.693. The normalized spacial score (nSPS) is 17.4. The molecular formula is C15H26N2O. The fourth-order valence-electron chi connectivity index (χ4n) is 2.67. The molecule has 0 N–H and O–H groups in total. The summed E-state index contributed by atoms with van der Waals surface area (Å²) in [6, 6.07) is 2.32. The number of carbonyl (C=O) groups is 1. The molecule has 3 heteroatoms. The van der Waals surface area contributed by atoms with Crippen molar-refractivity contribution in [1.82, 2.24) is 4.90 Å². The smallest absolute Gasteiger partial charge is 0.243 e. The van der Waals surface area contributed by atoms with E-state index in [0.717, 1.165) is 64.5 Å². The molecule has 0 bridgehead atoms. The fraction of sp³-hybridized carbons (Fsp3) is 0.867. The number of amides is 1. The van der Waals surface area contributed by atoms with Crippen molar-refractivity contribution in [3.63, 3.8) is 0 Å². The van der Waals surface area contributed by atoms with Gasteiger partial charge in [0.15, 0.2) is 0 Å². The van der Waals surface area contributed by atoms with Crippen LogP contribution < -0.4 is 0 Å². The van der Waals surface area contributed by atoms with E-state index < -0.39 is 5.41 Å². The first-order valence-corrected chi connectivity index (χ1v) is 7.41. The molecule has 102 valence electrons. The molecule has 0 aromatic carbocycles. The van der Waals surface area contributed by atoms with Crippen LogP contribution in [0.2, 0.25) is 0 Å². The first kappa shape index (κ1) is 15.0. The highest BCUT2D eigenvalue weighted by molar-refractivity contribution is 5.85. The predicted octanol–water partition coefficient (Wildman–Crippen LogP) is 3.50. The standard InChI is InChI=1S/C15H26N2O/c1-3-5-11-17(12-6-4-2)14(18)15(13-16)9-7-8-10-15/h3-12H2,1-2H3. The van der Waals surface area contributed by atoms with E-state index in [1.807, 2.05) is 4.90 Å². The third-order valence-electron chi connectivity index (χ3n) is 3.93. The lowest BCUT2D eigenvalue weighted by atomic mass is 9.86. The number of nitrogens with zero attached hydrogens (tertiary/aromatic N) is 2. The highest BCUT2D eigenvalue weighted by atomic mass is 16.2. The van der Waals surface area contributed by atoms with Crippen LogP contribution in [0.5, 0.6) is 0 Å². The van der Waals surface area contributed by atoms with Crippen LogP contribution in [0.1, 0.15) is 65.2 Å². The van der Waals surface area contributed by atoms with Crippen molar-refractivity contribution in [2.24, 2.45) is 5.41 Å². The summed E-state index contributed by atoms with van der Waals surface area (Å²) in [7, 11) is 0. The molecule has 0 unspecified atom stereocenters. The van der Waals surface area contributed by atoms with Gasteiger partial charge in [-0.15, -0.1) is 0 Å². The van der Waals surface area contributed by atoms with Crippen LogP contribution in [0.15, 0.2) is 0 Å². The molecule has 1 fully saturated rings. The fourth-order valence-corrected chi connectivity index (χ4v) is 2.67. The van der Waals surface area contributed by atoms with Crippen LogP contribution in [-0.4, -0.2) is 23.9 Å². The summed E-state index contributed by atoms with van der Waals surface area (Å²) >= 11 is 0. The van der Waals surface area contributed by atoms with Gasteiger partial charge in [0.25, 0.3) is 0 Å². The first-order valence-electron chi connectivity index (χ1n) is 7.41. The topological polar surface area (TPSA) is 44.1 Å². The zero-order valence-electron chi connectivity index (χ0n) is 11.9. The first-order chi connectivity index (χ1) is 8.70. The molecule has 1 aliphatic carbocycles. The van der Waals surface area contributed by atoms with Gasteiger partial charge >= 0.3 is 0 Å². The Morgan fingerprint density at radius 2 is 1.67 bits per heavy atom. The van der Waals surface area contributed by atoms with E-state index in [9.17, 15) is 10.1 Å². The molecule has 18 heavy (non-hydrogen) atoms. The van der Waals surface area contributed by atoms with Gasteiger partial charge in [-0.05, 0) is 25.7 Å². The lowest BCUT2D eigenvalue weighted by Crippen LogP contribution is -2.43. The average molecular weight is 250 g/mol. The number of nitriles is 1. The number of unbranched alkanes of at least 4 members (excludes halogenated alkanes) is 2. The summed E-state index contributed by atoms with van der Waals surface area (Å²) in [4.78, 5) is 14.6. The van der Waals surface area contributed by atoms with Gasteiger partial charge in [-0.3, -0.25) is 4.79 Å². The van der Waals surface area contributed by atoms with Crippen molar-refractivity contribution in [2.45, 2.75) is 65.2 Å². The summed E-state index contributed by atoms with van der Waals surface area (Å²) in [6.07, 6.45) is 7.83. The van der Waals surface area contributed by atoms with Crippen molar-refractivity contribution in [1.29, 1.82) is 5.26 Å². The van der Waals surface area contributed by atoms with Crippen LogP contribution in [0, 0.1) is 16.7 Å². The summed E-state index contributed by atoms with van der Waals surface area (Å²) in [5.41, 5.74) is -0.693. The van der Waals surface area contributed by atoms with Crippen LogP contribution in [-0.2, 0) is 4.79 Å². The molecule has 0 aromatic rings. The SMILES string of the molecule is CCCCN(CCCC)C(=O)C1(C#N)CCCC1. The van der Waals surface area contributed by atoms with Gasteiger partial charge < -0.3 is 4.90 Å². The Morgan fingerprint density at radius 3 is 2.06 bits per heavy atom. The highest BCUT2D eigenvalue weighted by Crippen LogP contribution is 2.39. The van der Waals surface area contributed by atoms with Gasteiger partial charge in [-0.25, -0.2) is 0 Å². The van der Waals surface area contributed by atoms with Crippen LogP contribution in [0.3, 0.4) is 0 Å². The molecule has 0 heterocycles. The van der Waals surface area contributed by atoms with Gasteiger partial charge in [-0.1, -0.05) is 39.5 Å². The molecule has 0 spiro atoms. The summed E-state index contributed by atoms with van der Waals surface area (Å²) < 4.78 is 0. The van der Waals surface area contributed by atoms with E-state index in [2.05, 4.69) is 19.9 Å². The predicted molar refractivity (Wildman–Crippen MR) is 72.9 cm³/mol. The maximum atomic E-state index is 12.6. The van der Waals surface area contributed by atoms with E-state index >= 15 is 0 Å².